The van der Waals surface area contributed by atoms with Gasteiger partial charge >= 0.3 is 5.97 Å². The van der Waals surface area contributed by atoms with Crippen molar-refractivity contribution in [3.8, 4) is 0 Å². The van der Waals surface area contributed by atoms with E-state index in [0.29, 0.717) is 23.3 Å². The van der Waals surface area contributed by atoms with E-state index in [1.54, 1.807) is 20.1 Å². The van der Waals surface area contributed by atoms with Crippen LogP contribution >= 0.6 is 0 Å². The Morgan fingerprint density at radius 2 is 1.95 bits per heavy atom. The van der Waals surface area contributed by atoms with Gasteiger partial charge in [-0.15, -0.1) is 0 Å². The Balaban J connectivity index is 3.02. The minimum atomic E-state index is -3.78. The summed E-state index contributed by atoms with van der Waals surface area (Å²) in [5.74, 6) is -0.758. The number of hydrogen-bond donors (Lipinski definition) is 2. The minimum Gasteiger partial charge on any atom is -0.478 e. The molecule has 0 saturated heterocycles. The number of carboxylic acid groups (broad SMARTS) is 1. The zero-order chi connectivity index (χ0) is 16.2. The van der Waals surface area contributed by atoms with E-state index in [1.807, 2.05) is 0 Å². The van der Waals surface area contributed by atoms with E-state index >= 15 is 0 Å². The van der Waals surface area contributed by atoms with Crippen LogP contribution < -0.4 is 4.72 Å². The molecular weight excluding hydrogens is 314 g/mol. The lowest BCUT2D eigenvalue weighted by Gasteiger charge is -2.12. The first kappa shape index (κ1) is 17.8. The number of sulfonamides is 1. The number of aromatic carboxylic acids is 1. The molecule has 2 N–H and O–H groups in total. The van der Waals surface area contributed by atoms with Crippen LogP contribution in [0, 0.1) is 13.8 Å². The molecule has 0 heterocycles. The third-order valence-electron chi connectivity index (χ3n) is 3.06. The summed E-state index contributed by atoms with van der Waals surface area (Å²) in [6, 6.07) is 2.60. The summed E-state index contributed by atoms with van der Waals surface area (Å²) in [4.78, 5) is 11.0. The normalized spacial score (nSPS) is 13.1. The van der Waals surface area contributed by atoms with Gasteiger partial charge in [0.1, 0.15) is 0 Å². The van der Waals surface area contributed by atoms with Gasteiger partial charge in [-0.2, -0.15) is 0 Å². The molecule has 0 aromatic heterocycles. The van der Waals surface area contributed by atoms with Crippen molar-refractivity contribution in [1.82, 2.24) is 4.72 Å². The highest BCUT2D eigenvalue weighted by Gasteiger charge is 2.20. The fraction of sp³-hybridized carbons (Fsp3) is 0.462. The van der Waals surface area contributed by atoms with Crippen molar-refractivity contribution in [2.45, 2.75) is 25.2 Å². The first-order valence-corrected chi connectivity index (χ1v) is 9.50. The van der Waals surface area contributed by atoms with E-state index in [1.165, 1.54) is 6.07 Å². The predicted molar refractivity (Wildman–Crippen MR) is 81.6 cm³/mol. The molecule has 8 heteroatoms. The molecule has 6 nitrogen and oxygen atoms in total. The average molecular weight is 333 g/mol. The number of aryl methyl sites for hydroxylation is 1. The molecule has 0 spiro atoms. The third kappa shape index (κ3) is 4.90. The summed E-state index contributed by atoms with van der Waals surface area (Å²) in [5.41, 5.74) is 1.06. The number of carboxylic acids is 1. The van der Waals surface area contributed by atoms with Gasteiger partial charge in [-0.1, -0.05) is 0 Å². The lowest BCUT2D eigenvalue weighted by atomic mass is 10.1. The second-order valence-corrected chi connectivity index (χ2v) is 8.04. The molecule has 0 bridgehead atoms. The summed E-state index contributed by atoms with van der Waals surface area (Å²) in [6.07, 6.45) is 2.01. The smallest absolute Gasteiger partial charge is 0.335 e. The molecule has 0 saturated carbocycles. The van der Waals surface area contributed by atoms with E-state index < -0.39 is 26.8 Å². The summed E-state index contributed by atoms with van der Waals surface area (Å²) >= 11 is 0. The van der Waals surface area contributed by atoms with Gasteiger partial charge < -0.3 is 5.11 Å². The maximum absolute atomic E-state index is 12.2. The Hall–Kier alpha value is -1.25. The summed E-state index contributed by atoms with van der Waals surface area (Å²) in [5, 5.41) is 9.02. The zero-order valence-corrected chi connectivity index (χ0v) is 13.8. The van der Waals surface area contributed by atoms with Gasteiger partial charge in [0.25, 0.3) is 0 Å². The molecule has 118 valence electrons. The number of nitrogens with one attached hydrogen (secondary N) is 1. The quantitative estimate of drug-likeness (QED) is 0.726. The SMILES string of the molecule is Cc1cc(C(=O)O)cc(S(=O)(=O)NCCCS(C)=O)c1C. The van der Waals surface area contributed by atoms with Crippen molar-refractivity contribution < 1.29 is 22.5 Å². The van der Waals surface area contributed by atoms with Crippen LogP contribution in [-0.4, -0.2) is 42.3 Å². The van der Waals surface area contributed by atoms with Gasteiger partial charge in [0.2, 0.25) is 10.0 Å². The molecule has 1 aromatic rings. The second kappa shape index (κ2) is 7.15. The van der Waals surface area contributed by atoms with Crippen molar-refractivity contribution in [2.75, 3.05) is 18.6 Å². The average Bonchev–Trinajstić information content (AvgIpc) is 2.37. The van der Waals surface area contributed by atoms with Gasteiger partial charge in [-0.3, -0.25) is 4.21 Å². The molecule has 1 rings (SSSR count). The van der Waals surface area contributed by atoms with Gasteiger partial charge in [-0.25, -0.2) is 17.9 Å². The highest BCUT2D eigenvalue weighted by atomic mass is 32.2. The first-order chi connectivity index (χ1) is 9.65. The Kier molecular flexibility index (Phi) is 6.06. The first-order valence-electron chi connectivity index (χ1n) is 6.29. The summed E-state index contributed by atoms with van der Waals surface area (Å²) < 4.78 is 37.8. The van der Waals surface area contributed by atoms with Crippen molar-refractivity contribution in [3.05, 3.63) is 28.8 Å². The molecule has 21 heavy (non-hydrogen) atoms. The zero-order valence-electron chi connectivity index (χ0n) is 12.2. The Morgan fingerprint density at radius 1 is 1.33 bits per heavy atom. The number of carbonyl (C=O) groups is 1. The maximum atomic E-state index is 12.2. The lowest BCUT2D eigenvalue weighted by molar-refractivity contribution is 0.0696. The van der Waals surface area contributed by atoms with Crippen LogP contribution in [0.1, 0.15) is 27.9 Å². The largest absolute Gasteiger partial charge is 0.478 e. The van der Waals surface area contributed by atoms with Crippen molar-refractivity contribution in [1.29, 1.82) is 0 Å². The molecule has 1 atom stereocenters. The van der Waals surface area contributed by atoms with E-state index in [4.69, 9.17) is 5.11 Å². The van der Waals surface area contributed by atoms with E-state index in [2.05, 4.69) is 4.72 Å². The van der Waals surface area contributed by atoms with E-state index in [-0.39, 0.29) is 17.0 Å². The summed E-state index contributed by atoms with van der Waals surface area (Å²) in [7, 11) is -4.75. The van der Waals surface area contributed by atoms with Crippen molar-refractivity contribution in [2.24, 2.45) is 0 Å². The Labute approximate surface area is 127 Å². The standard InChI is InChI=1S/C13H19NO5S2/c1-9-7-11(13(15)16)8-12(10(9)2)21(18,19)14-5-4-6-20(3)17/h7-8,14H,4-6H2,1-3H3,(H,15,16). The van der Waals surface area contributed by atoms with Crippen LogP contribution in [0.3, 0.4) is 0 Å². The van der Waals surface area contributed by atoms with Gasteiger partial charge in [-0.05, 0) is 43.5 Å². The van der Waals surface area contributed by atoms with Gasteiger partial charge in [0, 0.05) is 29.4 Å². The lowest BCUT2D eigenvalue weighted by Crippen LogP contribution is -2.27. The van der Waals surface area contributed by atoms with Gasteiger partial charge in [0.05, 0.1) is 10.5 Å². The maximum Gasteiger partial charge on any atom is 0.335 e. The van der Waals surface area contributed by atoms with Crippen LogP contribution in [0.2, 0.25) is 0 Å². The Morgan fingerprint density at radius 3 is 2.48 bits per heavy atom. The third-order valence-corrected chi connectivity index (χ3v) is 5.51. The number of hydrogen-bond acceptors (Lipinski definition) is 4. The fourth-order valence-electron chi connectivity index (χ4n) is 1.79. The molecule has 0 amide bonds. The topological polar surface area (TPSA) is 101 Å². The van der Waals surface area contributed by atoms with Crippen LogP contribution in [0.5, 0.6) is 0 Å². The highest BCUT2D eigenvalue weighted by Crippen LogP contribution is 2.21. The van der Waals surface area contributed by atoms with Crippen LogP contribution in [0.15, 0.2) is 17.0 Å². The second-order valence-electron chi connectivity index (χ2n) is 4.75. The van der Waals surface area contributed by atoms with E-state index in [9.17, 15) is 17.4 Å². The van der Waals surface area contributed by atoms with Crippen molar-refractivity contribution >= 4 is 26.8 Å². The number of benzene rings is 1. The Bertz CT molecular complexity index is 667. The molecule has 1 aromatic carbocycles. The number of rotatable bonds is 7. The molecule has 0 radical (unpaired) electrons. The monoisotopic (exact) mass is 333 g/mol. The fourth-order valence-corrected chi connectivity index (χ4v) is 3.75. The molecule has 0 aliphatic rings. The predicted octanol–water partition coefficient (Wildman–Crippen LogP) is 1.05. The molecular formula is C13H19NO5S2. The van der Waals surface area contributed by atoms with Crippen LogP contribution in [0.4, 0.5) is 0 Å². The molecule has 0 fully saturated rings. The minimum absolute atomic E-state index is 0.0301. The molecule has 0 aliphatic heterocycles. The van der Waals surface area contributed by atoms with Crippen LogP contribution in [0.25, 0.3) is 0 Å². The molecule has 1 unspecified atom stereocenters. The summed E-state index contributed by atoms with van der Waals surface area (Å²) in [6.45, 7) is 3.47. The molecule has 0 aliphatic carbocycles. The highest BCUT2D eigenvalue weighted by molar-refractivity contribution is 7.89. The van der Waals surface area contributed by atoms with Gasteiger partial charge in [0.15, 0.2) is 0 Å². The van der Waals surface area contributed by atoms with E-state index in [0.717, 1.165) is 6.07 Å². The van der Waals surface area contributed by atoms with Crippen molar-refractivity contribution in [3.63, 3.8) is 0 Å². The van der Waals surface area contributed by atoms with Crippen LogP contribution in [-0.2, 0) is 20.8 Å².